The molecule has 0 unspecified atom stereocenters. The highest BCUT2D eigenvalue weighted by Crippen LogP contribution is 2.37. The highest BCUT2D eigenvalue weighted by atomic mass is 15.2. The smallest absolute Gasteiger partial charge is 0.221 e. The third-order valence-corrected chi connectivity index (χ3v) is 11.4. The maximum atomic E-state index is 5.38. The molecule has 0 radical (unpaired) electrons. The summed E-state index contributed by atoms with van der Waals surface area (Å²) in [7, 11) is 0. The van der Waals surface area contributed by atoms with E-state index >= 15 is 0 Å². The molecule has 0 amide bonds. The molecule has 0 aliphatic heterocycles. The lowest BCUT2D eigenvalue weighted by molar-refractivity contribution is 0.979. The number of aromatic nitrogens is 7. The molecule has 0 spiro atoms. The Bertz CT molecular complexity index is 3470. The van der Waals surface area contributed by atoms with Gasteiger partial charge in [-0.05, 0) is 58.7 Å². The average Bonchev–Trinajstić information content (AvgIpc) is 3.88. The van der Waals surface area contributed by atoms with Crippen molar-refractivity contribution in [3.8, 4) is 62.4 Å². The van der Waals surface area contributed by atoms with Crippen molar-refractivity contribution < 1.29 is 0 Å². The summed E-state index contributed by atoms with van der Waals surface area (Å²) in [5.74, 6) is 2.54. The van der Waals surface area contributed by atoms with Crippen LogP contribution >= 0.6 is 0 Å². The summed E-state index contributed by atoms with van der Waals surface area (Å²) in [5.41, 5.74) is 12.9. The van der Waals surface area contributed by atoms with E-state index in [1.807, 2.05) is 30.3 Å². The summed E-state index contributed by atoms with van der Waals surface area (Å²) in [4.78, 5) is 26.0. The van der Waals surface area contributed by atoms with Crippen molar-refractivity contribution in [2.75, 3.05) is 0 Å². The topological polar surface area (TPSA) is 73.8 Å². The summed E-state index contributed by atoms with van der Waals surface area (Å²) >= 11 is 0. The quantitative estimate of drug-likeness (QED) is 0.168. The molecule has 0 bridgehead atoms. The molecule has 12 rings (SSSR count). The van der Waals surface area contributed by atoms with Gasteiger partial charge in [0.05, 0.1) is 27.6 Å². The van der Waals surface area contributed by atoms with Gasteiger partial charge in [0, 0.05) is 32.8 Å². The van der Waals surface area contributed by atoms with E-state index in [1.54, 1.807) is 0 Å². The summed E-state index contributed by atoms with van der Waals surface area (Å²) in [5, 5.41) is 3.22. The minimum Gasteiger partial charge on any atom is -0.279 e. The standard InChI is InChI=1S/C53H33N7/c1-3-13-34(14-4-1)36-23-27-38(28-24-36)49-56-50(39-29-25-37(26-30-39)35-15-5-2-6-16-35)58-51(57-49)40-31-32-42-41-17-8-11-21-46(41)59(48(42)33-40)53-55-44-19-9-7-18-43(44)52-54-45-20-10-12-22-47(45)60(52)53/h1-33H. The first-order valence-electron chi connectivity index (χ1n) is 20.0. The minimum absolute atomic E-state index is 0.581. The third-order valence-electron chi connectivity index (χ3n) is 11.4. The van der Waals surface area contributed by atoms with Crippen LogP contribution in [0.25, 0.3) is 112 Å². The fourth-order valence-corrected chi connectivity index (χ4v) is 8.45. The number of para-hydroxylation sites is 4. The minimum atomic E-state index is 0.581. The second kappa shape index (κ2) is 13.7. The molecule has 0 saturated carbocycles. The largest absolute Gasteiger partial charge is 0.279 e. The highest BCUT2D eigenvalue weighted by Gasteiger charge is 2.21. The van der Waals surface area contributed by atoms with Gasteiger partial charge in [-0.1, -0.05) is 164 Å². The number of hydrogen-bond acceptors (Lipinski definition) is 5. The Morgan fingerprint density at radius 2 is 0.733 bits per heavy atom. The van der Waals surface area contributed by atoms with Crippen LogP contribution in [0.4, 0.5) is 0 Å². The summed E-state index contributed by atoms with van der Waals surface area (Å²) in [6.45, 7) is 0. The lowest BCUT2D eigenvalue weighted by Gasteiger charge is -2.13. The fourth-order valence-electron chi connectivity index (χ4n) is 8.45. The molecule has 12 aromatic rings. The van der Waals surface area contributed by atoms with Crippen LogP contribution in [-0.4, -0.2) is 33.9 Å². The number of fused-ring (bicyclic) bond motifs is 8. The molecule has 4 heterocycles. The molecule has 0 aliphatic carbocycles. The molecular weight excluding hydrogens is 735 g/mol. The van der Waals surface area contributed by atoms with Crippen molar-refractivity contribution in [3.05, 3.63) is 200 Å². The monoisotopic (exact) mass is 767 g/mol. The lowest BCUT2D eigenvalue weighted by atomic mass is 10.0. The molecule has 280 valence electrons. The number of imidazole rings is 1. The van der Waals surface area contributed by atoms with E-state index in [-0.39, 0.29) is 0 Å². The van der Waals surface area contributed by atoms with Gasteiger partial charge in [0.1, 0.15) is 5.65 Å². The van der Waals surface area contributed by atoms with Crippen molar-refractivity contribution in [2.45, 2.75) is 0 Å². The Morgan fingerprint density at radius 1 is 0.283 bits per heavy atom. The van der Waals surface area contributed by atoms with E-state index in [9.17, 15) is 0 Å². The van der Waals surface area contributed by atoms with Gasteiger partial charge in [0.2, 0.25) is 5.95 Å². The first-order chi connectivity index (χ1) is 29.7. The second-order valence-electron chi connectivity index (χ2n) is 15.0. The van der Waals surface area contributed by atoms with Gasteiger partial charge in [-0.15, -0.1) is 0 Å². The number of hydrogen-bond donors (Lipinski definition) is 0. The second-order valence-corrected chi connectivity index (χ2v) is 15.0. The first-order valence-corrected chi connectivity index (χ1v) is 20.0. The van der Waals surface area contributed by atoms with Crippen molar-refractivity contribution in [3.63, 3.8) is 0 Å². The summed E-state index contributed by atoms with van der Waals surface area (Å²) in [6, 6.07) is 69.2. The van der Waals surface area contributed by atoms with Crippen LogP contribution in [0.5, 0.6) is 0 Å². The normalized spacial score (nSPS) is 11.7. The van der Waals surface area contributed by atoms with Gasteiger partial charge in [0.25, 0.3) is 0 Å². The molecule has 8 aromatic carbocycles. The van der Waals surface area contributed by atoms with Crippen LogP contribution in [0.1, 0.15) is 0 Å². The highest BCUT2D eigenvalue weighted by molar-refractivity contribution is 6.10. The summed E-state index contributed by atoms with van der Waals surface area (Å²) in [6.07, 6.45) is 0. The zero-order valence-corrected chi connectivity index (χ0v) is 32.2. The zero-order chi connectivity index (χ0) is 39.6. The number of benzene rings is 8. The van der Waals surface area contributed by atoms with Crippen molar-refractivity contribution >= 4 is 49.4 Å². The fraction of sp³-hybridized carbons (Fsp3) is 0. The van der Waals surface area contributed by atoms with E-state index in [0.29, 0.717) is 17.5 Å². The van der Waals surface area contributed by atoms with Crippen LogP contribution in [0.3, 0.4) is 0 Å². The maximum Gasteiger partial charge on any atom is 0.221 e. The van der Waals surface area contributed by atoms with E-state index in [0.717, 1.165) is 94.3 Å². The molecule has 7 nitrogen and oxygen atoms in total. The molecule has 0 saturated heterocycles. The van der Waals surface area contributed by atoms with E-state index in [4.69, 9.17) is 24.9 Å². The van der Waals surface area contributed by atoms with Crippen LogP contribution in [0, 0.1) is 0 Å². The Labute approximate surface area is 344 Å². The van der Waals surface area contributed by atoms with Crippen molar-refractivity contribution in [1.29, 1.82) is 0 Å². The summed E-state index contributed by atoms with van der Waals surface area (Å²) < 4.78 is 4.45. The Balaban J connectivity index is 1.07. The third kappa shape index (κ3) is 5.56. The van der Waals surface area contributed by atoms with Gasteiger partial charge < -0.3 is 0 Å². The van der Waals surface area contributed by atoms with E-state index in [2.05, 4.69) is 179 Å². The average molecular weight is 768 g/mol. The lowest BCUT2D eigenvalue weighted by Crippen LogP contribution is -2.06. The van der Waals surface area contributed by atoms with Crippen molar-refractivity contribution in [1.82, 2.24) is 33.9 Å². The number of nitrogens with zero attached hydrogens (tertiary/aromatic N) is 7. The molecule has 60 heavy (non-hydrogen) atoms. The van der Waals surface area contributed by atoms with Gasteiger partial charge >= 0.3 is 0 Å². The van der Waals surface area contributed by atoms with Crippen LogP contribution in [-0.2, 0) is 0 Å². The molecular formula is C53H33N7. The van der Waals surface area contributed by atoms with Crippen LogP contribution < -0.4 is 0 Å². The van der Waals surface area contributed by atoms with Crippen LogP contribution in [0.2, 0.25) is 0 Å². The van der Waals surface area contributed by atoms with Gasteiger partial charge in [-0.25, -0.2) is 24.9 Å². The molecule has 7 heteroatoms. The number of rotatable bonds is 6. The van der Waals surface area contributed by atoms with Crippen molar-refractivity contribution in [2.24, 2.45) is 0 Å². The SMILES string of the molecule is c1ccc(-c2ccc(-c3nc(-c4ccc(-c5ccccc5)cc4)nc(-c4ccc5c6ccccc6n(-c6nc7ccccc7c7nc8ccccc8n67)c5c4)n3)cc2)cc1. The van der Waals surface area contributed by atoms with Gasteiger partial charge in [-0.3, -0.25) is 8.97 Å². The van der Waals surface area contributed by atoms with E-state index < -0.39 is 0 Å². The Kier molecular flexibility index (Phi) is 7.71. The van der Waals surface area contributed by atoms with E-state index in [1.165, 1.54) is 0 Å². The van der Waals surface area contributed by atoms with Crippen LogP contribution in [0.15, 0.2) is 200 Å². The predicted molar refractivity (Wildman–Crippen MR) is 243 cm³/mol. The van der Waals surface area contributed by atoms with Gasteiger partial charge in [-0.2, -0.15) is 0 Å². The maximum absolute atomic E-state index is 5.38. The zero-order valence-electron chi connectivity index (χ0n) is 32.2. The first kappa shape index (κ1) is 33.8. The predicted octanol–water partition coefficient (Wildman–Crippen LogP) is 12.7. The molecule has 0 N–H and O–H groups in total. The van der Waals surface area contributed by atoms with Gasteiger partial charge in [0.15, 0.2) is 17.5 Å². The Hall–Kier alpha value is -8.29. The molecule has 0 fully saturated rings. The Morgan fingerprint density at radius 3 is 1.37 bits per heavy atom. The molecule has 0 aliphatic rings. The molecule has 0 atom stereocenters. The molecule has 4 aromatic heterocycles.